The minimum atomic E-state index is -1.20. The van der Waals surface area contributed by atoms with Crippen molar-refractivity contribution in [2.75, 3.05) is 0 Å². The minimum absolute atomic E-state index is 0.377. The van der Waals surface area contributed by atoms with E-state index in [-0.39, 0.29) is 11.1 Å². The number of Topliss-reactive ketones (excluding diaryl/α,β-unsaturated/α-hetero) is 2. The standard InChI is InChI=1S/C14H18F2O2/c1-13(2,3)7-9(15)10(16)8(14(4,5)6)12(18)11(7)17/h1-6H3. The van der Waals surface area contributed by atoms with Crippen molar-refractivity contribution in [3.8, 4) is 0 Å². The van der Waals surface area contributed by atoms with E-state index in [1.165, 1.54) is 0 Å². The second kappa shape index (κ2) is 4.11. The fraction of sp³-hybridized carbons (Fsp3) is 0.571. The predicted octanol–water partition coefficient (Wildman–Crippen LogP) is 3.68. The summed E-state index contributed by atoms with van der Waals surface area (Å²) < 4.78 is 28.0. The molecule has 0 fully saturated rings. The summed E-state index contributed by atoms with van der Waals surface area (Å²) in [5, 5.41) is 0. The van der Waals surface area contributed by atoms with Crippen molar-refractivity contribution >= 4 is 11.6 Å². The van der Waals surface area contributed by atoms with E-state index in [9.17, 15) is 18.4 Å². The molecule has 4 heteroatoms. The van der Waals surface area contributed by atoms with Crippen LogP contribution in [-0.4, -0.2) is 11.6 Å². The Morgan fingerprint density at radius 3 is 1.06 bits per heavy atom. The topological polar surface area (TPSA) is 34.1 Å². The van der Waals surface area contributed by atoms with E-state index in [0.29, 0.717) is 0 Å². The van der Waals surface area contributed by atoms with Gasteiger partial charge in [-0.2, -0.15) is 0 Å². The Hall–Kier alpha value is -1.32. The molecule has 1 aliphatic rings. The van der Waals surface area contributed by atoms with Crippen LogP contribution in [0.25, 0.3) is 0 Å². The molecule has 0 radical (unpaired) electrons. The Morgan fingerprint density at radius 2 is 0.889 bits per heavy atom. The first-order valence-electron chi connectivity index (χ1n) is 5.79. The second-order valence-electron chi connectivity index (χ2n) is 6.54. The monoisotopic (exact) mass is 256 g/mol. The number of allylic oxidation sites excluding steroid dienone is 4. The van der Waals surface area contributed by atoms with E-state index in [0.717, 1.165) is 0 Å². The Balaban J connectivity index is 3.62. The van der Waals surface area contributed by atoms with Gasteiger partial charge in [-0.25, -0.2) is 8.78 Å². The first-order chi connectivity index (χ1) is 7.89. The lowest BCUT2D eigenvalue weighted by atomic mass is 9.73. The third kappa shape index (κ3) is 2.28. The molecular formula is C14H18F2O2. The van der Waals surface area contributed by atoms with Crippen LogP contribution in [0.15, 0.2) is 22.8 Å². The van der Waals surface area contributed by atoms with E-state index in [4.69, 9.17) is 0 Å². The number of carbonyl (C=O) groups is 2. The van der Waals surface area contributed by atoms with E-state index >= 15 is 0 Å². The molecule has 0 amide bonds. The zero-order chi connectivity index (χ0) is 14.5. The first kappa shape index (κ1) is 14.7. The van der Waals surface area contributed by atoms with Crippen LogP contribution in [0.5, 0.6) is 0 Å². The van der Waals surface area contributed by atoms with Gasteiger partial charge in [0, 0.05) is 11.1 Å². The zero-order valence-corrected chi connectivity index (χ0v) is 11.6. The fourth-order valence-electron chi connectivity index (χ4n) is 1.99. The summed E-state index contributed by atoms with van der Waals surface area (Å²) in [6, 6.07) is 0. The molecule has 2 nitrogen and oxygen atoms in total. The van der Waals surface area contributed by atoms with Gasteiger partial charge >= 0.3 is 0 Å². The molecule has 0 aromatic carbocycles. The number of carbonyl (C=O) groups excluding carboxylic acids is 2. The molecule has 0 spiro atoms. The molecule has 0 bridgehead atoms. The molecule has 0 saturated heterocycles. The second-order valence-corrected chi connectivity index (χ2v) is 6.54. The molecular weight excluding hydrogens is 238 g/mol. The van der Waals surface area contributed by atoms with Crippen molar-refractivity contribution in [3.05, 3.63) is 22.8 Å². The van der Waals surface area contributed by atoms with Crippen LogP contribution in [0.2, 0.25) is 0 Å². The average molecular weight is 256 g/mol. The van der Waals surface area contributed by atoms with Crippen LogP contribution >= 0.6 is 0 Å². The lowest BCUT2D eigenvalue weighted by Crippen LogP contribution is -2.35. The van der Waals surface area contributed by atoms with E-state index < -0.39 is 34.1 Å². The molecule has 1 rings (SSSR count). The highest BCUT2D eigenvalue weighted by Crippen LogP contribution is 2.42. The SMILES string of the molecule is CC(C)(C)C1=C(F)C(F)=C(C(C)(C)C)C(=O)C1=O. The van der Waals surface area contributed by atoms with Crippen LogP contribution in [0.4, 0.5) is 8.78 Å². The quantitative estimate of drug-likeness (QED) is 0.489. The van der Waals surface area contributed by atoms with Crippen molar-refractivity contribution in [1.82, 2.24) is 0 Å². The smallest absolute Gasteiger partial charge is 0.232 e. The molecule has 100 valence electrons. The summed E-state index contributed by atoms with van der Waals surface area (Å²) in [5.74, 6) is -4.27. The number of hydrogen-bond acceptors (Lipinski definition) is 2. The van der Waals surface area contributed by atoms with Gasteiger partial charge in [0.25, 0.3) is 0 Å². The van der Waals surface area contributed by atoms with Crippen LogP contribution < -0.4 is 0 Å². The van der Waals surface area contributed by atoms with Crippen LogP contribution in [-0.2, 0) is 9.59 Å². The lowest BCUT2D eigenvalue weighted by Gasteiger charge is -2.29. The molecule has 0 aromatic rings. The predicted molar refractivity (Wildman–Crippen MR) is 65.2 cm³/mol. The molecule has 18 heavy (non-hydrogen) atoms. The molecule has 0 atom stereocenters. The number of hydrogen-bond donors (Lipinski definition) is 0. The maximum atomic E-state index is 14.0. The van der Waals surface area contributed by atoms with Crippen LogP contribution in [0, 0.1) is 10.8 Å². The minimum Gasteiger partial charge on any atom is -0.285 e. The molecule has 0 aromatic heterocycles. The summed E-state index contributed by atoms with van der Waals surface area (Å²) in [6.07, 6.45) is 0. The van der Waals surface area contributed by atoms with Gasteiger partial charge < -0.3 is 0 Å². The Morgan fingerprint density at radius 1 is 0.667 bits per heavy atom. The summed E-state index contributed by atoms with van der Waals surface area (Å²) >= 11 is 0. The highest BCUT2D eigenvalue weighted by molar-refractivity contribution is 6.50. The van der Waals surface area contributed by atoms with Gasteiger partial charge in [0.15, 0.2) is 11.7 Å². The molecule has 0 saturated carbocycles. The first-order valence-corrected chi connectivity index (χ1v) is 5.79. The number of halogens is 2. The maximum Gasteiger partial charge on any atom is 0.232 e. The molecule has 0 N–H and O–H groups in total. The Kier molecular flexibility index (Phi) is 3.36. The largest absolute Gasteiger partial charge is 0.285 e. The number of ketones is 2. The summed E-state index contributed by atoms with van der Waals surface area (Å²) in [6.45, 7) is 9.43. The van der Waals surface area contributed by atoms with Crippen molar-refractivity contribution in [2.24, 2.45) is 10.8 Å². The third-order valence-corrected chi connectivity index (χ3v) is 2.79. The summed E-state index contributed by atoms with van der Waals surface area (Å²) in [7, 11) is 0. The molecule has 1 aliphatic carbocycles. The molecule has 0 aliphatic heterocycles. The van der Waals surface area contributed by atoms with Gasteiger partial charge in [0.05, 0.1) is 0 Å². The molecule has 0 unspecified atom stereocenters. The van der Waals surface area contributed by atoms with Gasteiger partial charge in [-0.15, -0.1) is 0 Å². The van der Waals surface area contributed by atoms with Crippen molar-refractivity contribution in [2.45, 2.75) is 41.5 Å². The van der Waals surface area contributed by atoms with Crippen molar-refractivity contribution in [3.63, 3.8) is 0 Å². The van der Waals surface area contributed by atoms with Crippen molar-refractivity contribution in [1.29, 1.82) is 0 Å². The Bertz CT molecular complexity index is 437. The van der Waals surface area contributed by atoms with E-state index in [1.807, 2.05) is 0 Å². The van der Waals surface area contributed by atoms with Gasteiger partial charge in [0.1, 0.15) is 0 Å². The van der Waals surface area contributed by atoms with Gasteiger partial charge in [-0.1, -0.05) is 41.5 Å². The fourth-order valence-corrected chi connectivity index (χ4v) is 1.99. The average Bonchev–Trinajstić information content (AvgIpc) is 2.10. The lowest BCUT2D eigenvalue weighted by molar-refractivity contribution is -0.133. The molecule has 0 heterocycles. The normalized spacial score (nSPS) is 18.9. The summed E-state index contributed by atoms with van der Waals surface area (Å²) in [4.78, 5) is 23.9. The van der Waals surface area contributed by atoms with Gasteiger partial charge in [-0.3, -0.25) is 9.59 Å². The van der Waals surface area contributed by atoms with E-state index in [1.54, 1.807) is 41.5 Å². The van der Waals surface area contributed by atoms with Crippen LogP contribution in [0.3, 0.4) is 0 Å². The highest BCUT2D eigenvalue weighted by Gasteiger charge is 2.44. The third-order valence-electron chi connectivity index (χ3n) is 2.79. The van der Waals surface area contributed by atoms with Crippen LogP contribution in [0.1, 0.15) is 41.5 Å². The van der Waals surface area contributed by atoms with Crippen molar-refractivity contribution < 1.29 is 18.4 Å². The van der Waals surface area contributed by atoms with E-state index in [2.05, 4.69) is 0 Å². The Labute approximate surface area is 106 Å². The number of rotatable bonds is 0. The van der Waals surface area contributed by atoms with Gasteiger partial charge in [-0.05, 0) is 10.8 Å². The highest BCUT2D eigenvalue weighted by atomic mass is 19.2. The summed E-state index contributed by atoms with van der Waals surface area (Å²) in [5.41, 5.74) is -2.56. The van der Waals surface area contributed by atoms with Gasteiger partial charge in [0.2, 0.25) is 11.6 Å². The maximum absolute atomic E-state index is 14.0. The zero-order valence-electron chi connectivity index (χ0n) is 11.6.